The monoisotopic (exact) mass is 266 g/mol. The Hall–Kier alpha value is -2.12. The van der Waals surface area contributed by atoms with Gasteiger partial charge in [0, 0.05) is 11.8 Å². The molecule has 0 saturated carbocycles. The Labute approximate surface area is 108 Å². The third-order valence-corrected chi connectivity index (χ3v) is 2.63. The molecule has 0 bridgehead atoms. The minimum Gasteiger partial charge on any atom is -0.466 e. The highest BCUT2D eigenvalue weighted by Crippen LogP contribution is 2.17. The first-order valence-electron chi connectivity index (χ1n) is 5.68. The summed E-state index contributed by atoms with van der Waals surface area (Å²) < 4.78 is 11.7. The standard InChI is InChI=1S/C12H14N2O5/c1-8-5-14(12(17)13-11(8)16)7-19-10(6-15)9-3-2-4-18-9/h2-5,10,15H,6-7H2,1H3,(H,13,16,17). The number of nitrogens with zero attached hydrogens (tertiary/aromatic N) is 1. The second-order valence-electron chi connectivity index (χ2n) is 4.02. The van der Waals surface area contributed by atoms with Crippen molar-refractivity contribution in [3.05, 3.63) is 56.8 Å². The summed E-state index contributed by atoms with van der Waals surface area (Å²) >= 11 is 0. The van der Waals surface area contributed by atoms with E-state index in [1.54, 1.807) is 19.1 Å². The predicted molar refractivity (Wildman–Crippen MR) is 65.7 cm³/mol. The number of hydrogen-bond acceptors (Lipinski definition) is 5. The lowest BCUT2D eigenvalue weighted by atomic mass is 10.3. The van der Waals surface area contributed by atoms with Crippen molar-refractivity contribution in [1.82, 2.24) is 9.55 Å². The second-order valence-corrected chi connectivity index (χ2v) is 4.02. The van der Waals surface area contributed by atoms with Gasteiger partial charge in [0.1, 0.15) is 18.6 Å². The number of aromatic nitrogens is 2. The van der Waals surface area contributed by atoms with E-state index >= 15 is 0 Å². The van der Waals surface area contributed by atoms with E-state index in [9.17, 15) is 14.7 Å². The molecule has 19 heavy (non-hydrogen) atoms. The molecule has 0 radical (unpaired) electrons. The van der Waals surface area contributed by atoms with Gasteiger partial charge >= 0.3 is 5.69 Å². The first-order valence-corrected chi connectivity index (χ1v) is 5.68. The lowest BCUT2D eigenvalue weighted by molar-refractivity contribution is -0.0379. The zero-order chi connectivity index (χ0) is 13.8. The van der Waals surface area contributed by atoms with E-state index in [-0.39, 0.29) is 13.3 Å². The van der Waals surface area contributed by atoms with Gasteiger partial charge in [0.25, 0.3) is 5.56 Å². The summed E-state index contributed by atoms with van der Waals surface area (Å²) in [6, 6.07) is 3.35. The molecule has 0 aliphatic heterocycles. The average Bonchev–Trinajstić information content (AvgIpc) is 2.90. The van der Waals surface area contributed by atoms with Crippen molar-refractivity contribution in [2.75, 3.05) is 6.61 Å². The molecule has 102 valence electrons. The van der Waals surface area contributed by atoms with Crippen molar-refractivity contribution in [2.45, 2.75) is 19.8 Å². The highest BCUT2D eigenvalue weighted by molar-refractivity contribution is 5.02. The van der Waals surface area contributed by atoms with Gasteiger partial charge in [-0.1, -0.05) is 0 Å². The van der Waals surface area contributed by atoms with Crippen LogP contribution in [0.2, 0.25) is 0 Å². The number of aliphatic hydroxyl groups excluding tert-OH is 1. The molecule has 0 aliphatic rings. The van der Waals surface area contributed by atoms with Crippen LogP contribution in [0.3, 0.4) is 0 Å². The molecule has 0 aliphatic carbocycles. The Kier molecular flexibility index (Phi) is 3.98. The molecule has 1 atom stereocenters. The van der Waals surface area contributed by atoms with E-state index in [1.165, 1.54) is 17.0 Å². The molecule has 0 saturated heterocycles. The number of aromatic amines is 1. The van der Waals surface area contributed by atoms with Gasteiger partial charge in [-0.25, -0.2) is 4.79 Å². The molecule has 2 rings (SSSR count). The van der Waals surface area contributed by atoms with Crippen molar-refractivity contribution in [3.8, 4) is 0 Å². The topological polar surface area (TPSA) is 97.5 Å². The van der Waals surface area contributed by atoms with Crippen molar-refractivity contribution in [3.63, 3.8) is 0 Å². The molecule has 0 amide bonds. The van der Waals surface area contributed by atoms with Crippen LogP contribution >= 0.6 is 0 Å². The Balaban J connectivity index is 2.12. The number of ether oxygens (including phenoxy) is 1. The largest absolute Gasteiger partial charge is 0.466 e. The highest BCUT2D eigenvalue weighted by Gasteiger charge is 2.14. The molecular formula is C12H14N2O5. The molecule has 0 fully saturated rings. The maximum absolute atomic E-state index is 11.5. The number of aliphatic hydroxyl groups is 1. The fourth-order valence-corrected chi connectivity index (χ4v) is 1.58. The molecule has 0 aromatic carbocycles. The zero-order valence-corrected chi connectivity index (χ0v) is 10.3. The summed E-state index contributed by atoms with van der Waals surface area (Å²) in [6.45, 7) is 1.22. The van der Waals surface area contributed by atoms with Crippen LogP contribution in [-0.4, -0.2) is 21.3 Å². The number of rotatable bonds is 5. The van der Waals surface area contributed by atoms with Crippen LogP contribution in [0.1, 0.15) is 17.4 Å². The van der Waals surface area contributed by atoms with Crippen LogP contribution in [-0.2, 0) is 11.5 Å². The van der Waals surface area contributed by atoms with Crippen LogP contribution < -0.4 is 11.2 Å². The van der Waals surface area contributed by atoms with Gasteiger partial charge in [0.2, 0.25) is 0 Å². The molecule has 7 heteroatoms. The maximum atomic E-state index is 11.5. The van der Waals surface area contributed by atoms with Crippen molar-refractivity contribution in [1.29, 1.82) is 0 Å². The van der Waals surface area contributed by atoms with Crippen LogP contribution in [0.5, 0.6) is 0 Å². The van der Waals surface area contributed by atoms with Gasteiger partial charge < -0.3 is 14.3 Å². The fraction of sp³-hybridized carbons (Fsp3) is 0.333. The third kappa shape index (κ3) is 3.01. The number of furan rings is 1. The van der Waals surface area contributed by atoms with Crippen LogP contribution in [0.25, 0.3) is 0 Å². The maximum Gasteiger partial charge on any atom is 0.330 e. The molecule has 2 aromatic heterocycles. The Morgan fingerprint density at radius 3 is 2.95 bits per heavy atom. The van der Waals surface area contributed by atoms with Crippen LogP contribution in [0, 0.1) is 6.92 Å². The van der Waals surface area contributed by atoms with Gasteiger partial charge in [-0.15, -0.1) is 0 Å². The zero-order valence-electron chi connectivity index (χ0n) is 10.3. The minimum atomic E-state index is -0.658. The first kappa shape index (κ1) is 13.3. The van der Waals surface area contributed by atoms with E-state index in [4.69, 9.17) is 9.15 Å². The molecule has 2 heterocycles. The van der Waals surface area contributed by atoms with Crippen molar-refractivity contribution in [2.24, 2.45) is 0 Å². The Morgan fingerprint density at radius 1 is 1.53 bits per heavy atom. The molecule has 1 unspecified atom stereocenters. The van der Waals surface area contributed by atoms with Crippen molar-refractivity contribution >= 4 is 0 Å². The van der Waals surface area contributed by atoms with E-state index in [0.717, 1.165) is 0 Å². The minimum absolute atomic E-state index is 0.0949. The average molecular weight is 266 g/mol. The summed E-state index contributed by atoms with van der Waals surface area (Å²) in [6.07, 6.45) is 2.21. The van der Waals surface area contributed by atoms with Crippen molar-refractivity contribution < 1.29 is 14.3 Å². The lowest BCUT2D eigenvalue weighted by Crippen LogP contribution is -2.31. The molecular weight excluding hydrogens is 252 g/mol. The van der Waals surface area contributed by atoms with E-state index in [2.05, 4.69) is 4.98 Å². The summed E-state index contributed by atoms with van der Waals surface area (Å²) in [4.78, 5) is 24.9. The molecule has 0 spiro atoms. The lowest BCUT2D eigenvalue weighted by Gasteiger charge is -2.14. The summed E-state index contributed by atoms with van der Waals surface area (Å²) in [7, 11) is 0. The smallest absolute Gasteiger partial charge is 0.330 e. The fourth-order valence-electron chi connectivity index (χ4n) is 1.58. The normalized spacial score (nSPS) is 12.5. The summed E-state index contributed by atoms with van der Waals surface area (Å²) in [5.41, 5.74) is -0.584. The molecule has 7 nitrogen and oxygen atoms in total. The second kappa shape index (κ2) is 5.68. The summed E-state index contributed by atoms with van der Waals surface area (Å²) in [5.74, 6) is 0.469. The first-order chi connectivity index (χ1) is 9.11. The Bertz CT molecular complexity index is 641. The number of aryl methyl sites for hydroxylation is 1. The van der Waals surface area contributed by atoms with Gasteiger partial charge in [0.15, 0.2) is 0 Å². The number of hydrogen-bond donors (Lipinski definition) is 2. The van der Waals surface area contributed by atoms with Gasteiger partial charge in [-0.3, -0.25) is 14.3 Å². The quantitative estimate of drug-likeness (QED) is 0.802. The van der Waals surface area contributed by atoms with Gasteiger partial charge in [-0.2, -0.15) is 0 Å². The SMILES string of the molecule is Cc1cn(COC(CO)c2ccco2)c(=O)[nH]c1=O. The van der Waals surface area contributed by atoms with Gasteiger partial charge in [-0.05, 0) is 19.1 Å². The molecule has 2 aromatic rings. The molecule has 2 N–H and O–H groups in total. The number of H-pyrrole nitrogens is 1. The van der Waals surface area contributed by atoms with Crippen LogP contribution in [0.4, 0.5) is 0 Å². The highest BCUT2D eigenvalue weighted by atomic mass is 16.5. The predicted octanol–water partition coefficient (Wildman–Crippen LogP) is 0.146. The Morgan fingerprint density at radius 2 is 2.32 bits per heavy atom. The van der Waals surface area contributed by atoms with Crippen LogP contribution in [0.15, 0.2) is 38.6 Å². The van der Waals surface area contributed by atoms with E-state index in [0.29, 0.717) is 11.3 Å². The van der Waals surface area contributed by atoms with E-state index in [1.807, 2.05) is 0 Å². The summed E-state index contributed by atoms with van der Waals surface area (Å²) in [5, 5.41) is 9.21. The van der Waals surface area contributed by atoms with Gasteiger partial charge in [0.05, 0.1) is 12.9 Å². The van der Waals surface area contributed by atoms with E-state index < -0.39 is 17.4 Å². The third-order valence-electron chi connectivity index (χ3n) is 2.63. The number of nitrogens with one attached hydrogen (secondary N) is 1.